The molecule has 2 rings (SSSR count). The Morgan fingerprint density at radius 1 is 1.23 bits per heavy atom. The first-order valence-electron chi connectivity index (χ1n) is 9.85. The second-order valence-electron chi connectivity index (χ2n) is 6.64. The molecule has 0 aliphatic carbocycles. The molecule has 0 radical (unpaired) electrons. The number of aliphatic imine (C=N–C) groups is 1. The highest BCUT2D eigenvalue weighted by molar-refractivity contribution is 14.0. The fourth-order valence-electron chi connectivity index (χ4n) is 2.79. The Morgan fingerprint density at radius 3 is 2.55 bits per heavy atom. The third-order valence-electron chi connectivity index (χ3n) is 4.34. The SMILES string of the molecule is CCOc1ccc(C(C)NC(=O)CCCN=C(N)Nc2ccc(OC)c(Cl)c2)cc1.I. The van der Waals surface area contributed by atoms with Gasteiger partial charge < -0.3 is 25.8 Å². The van der Waals surface area contributed by atoms with E-state index in [0.717, 1.165) is 11.3 Å². The first kappa shape index (κ1) is 26.8. The number of nitrogens with one attached hydrogen (secondary N) is 2. The molecule has 1 amide bonds. The first-order chi connectivity index (χ1) is 14.4. The standard InChI is InChI=1S/C22H29ClN4O3.HI/c1-4-30-18-10-7-16(8-11-18)15(2)26-21(28)6-5-13-25-22(24)27-17-9-12-20(29-3)19(23)14-17;/h7-12,14-15H,4-6,13H2,1-3H3,(H,26,28)(H3,24,25,27);1H. The summed E-state index contributed by atoms with van der Waals surface area (Å²) in [6.07, 6.45) is 0.958. The summed E-state index contributed by atoms with van der Waals surface area (Å²) in [5.74, 6) is 1.64. The molecule has 0 heterocycles. The average molecular weight is 561 g/mol. The molecule has 1 atom stereocenters. The van der Waals surface area contributed by atoms with E-state index < -0.39 is 0 Å². The Balaban J connectivity index is 0.00000480. The molecule has 4 N–H and O–H groups in total. The van der Waals surface area contributed by atoms with E-state index in [0.29, 0.717) is 42.5 Å². The highest BCUT2D eigenvalue weighted by atomic mass is 127. The molecule has 0 aromatic heterocycles. The van der Waals surface area contributed by atoms with Gasteiger partial charge >= 0.3 is 0 Å². The third-order valence-corrected chi connectivity index (χ3v) is 4.63. The zero-order chi connectivity index (χ0) is 21.9. The predicted molar refractivity (Wildman–Crippen MR) is 137 cm³/mol. The number of guanidine groups is 1. The average Bonchev–Trinajstić information content (AvgIpc) is 2.72. The lowest BCUT2D eigenvalue weighted by atomic mass is 10.1. The quantitative estimate of drug-likeness (QED) is 0.169. The molecular weight excluding hydrogens is 531 g/mol. The highest BCUT2D eigenvalue weighted by Crippen LogP contribution is 2.27. The maximum Gasteiger partial charge on any atom is 0.220 e. The minimum Gasteiger partial charge on any atom is -0.495 e. The van der Waals surface area contributed by atoms with Gasteiger partial charge in [0.05, 0.1) is 24.8 Å². The van der Waals surface area contributed by atoms with Gasteiger partial charge in [-0.05, 0) is 56.2 Å². The zero-order valence-corrected chi connectivity index (χ0v) is 21.1. The number of amides is 1. The number of methoxy groups -OCH3 is 1. The lowest BCUT2D eigenvalue weighted by Crippen LogP contribution is -2.26. The molecule has 0 bridgehead atoms. The number of nitrogens with zero attached hydrogens (tertiary/aromatic N) is 1. The number of hydrogen-bond donors (Lipinski definition) is 3. The van der Waals surface area contributed by atoms with Crippen molar-refractivity contribution in [2.75, 3.05) is 25.6 Å². The van der Waals surface area contributed by atoms with Crippen LogP contribution in [0.3, 0.4) is 0 Å². The Kier molecular flexibility index (Phi) is 12.1. The molecule has 1 unspecified atom stereocenters. The van der Waals surface area contributed by atoms with Crippen LogP contribution in [0.1, 0.15) is 38.3 Å². The minimum absolute atomic E-state index is 0. The summed E-state index contributed by atoms with van der Waals surface area (Å²) in [4.78, 5) is 16.4. The van der Waals surface area contributed by atoms with Crippen molar-refractivity contribution in [2.24, 2.45) is 10.7 Å². The van der Waals surface area contributed by atoms with E-state index in [1.54, 1.807) is 25.3 Å². The summed E-state index contributed by atoms with van der Waals surface area (Å²) in [6, 6.07) is 12.9. The molecule has 0 saturated heterocycles. The van der Waals surface area contributed by atoms with Gasteiger partial charge in [0.15, 0.2) is 5.96 Å². The minimum atomic E-state index is -0.0803. The lowest BCUT2D eigenvalue weighted by molar-refractivity contribution is -0.121. The molecular formula is C22H30ClIN4O3. The monoisotopic (exact) mass is 560 g/mol. The molecule has 9 heteroatoms. The van der Waals surface area contributed by atoms with Crippen molar-refractivity contribution in [1.29, 1.82) is 0 Å². The summed E-state index contributed by atoms with van der Waals surface area (Å²) in [6.45, 7) is 4.96. The van der Waals surface area contributed by atoms with Crippen molar-refractivity contribution in [1.82, 2.24) is 5.32 Å². The van der Waals surface area contributed by atoms with Crippen LogP contribution in [0.4, 0.5) is 5.69 Å². The summed E-state index contributed by atoms with van der Waals surface area (Å²) >= 11 is 6.09. The van der Waals surface area contributed by atoms with Crippen molar-refractivity contribution in [3.63, 3.8) is 0 Å². The van der Waals surface area contributed by atoms with Crippen LogP contribution in [-0.2, 0) is 4.79 Å². The molecule has 0 spiro atoms. The highest BCUT2D eigenvalue weighted by Gasteiger charge is 2.09. The van der Waals surface area contributed by atoms with Crippen LogP contribution in [0.25, 0.3) is 0 Å². The van der Waals surface area contributed by atoms with E-state index in [4.69, 9.17) is 26.8 Å². The van der Waals surface area contributed by atoms with Crippen LogP contribution in [0.15, 0.2) is 47.5 Å². The topological polar surface area (TPSA) is 98.0 Å². The maximum atomic E-state index is 12.2. The summed E-state index contributed by atoms with van der Waals surface area (Å²) in [5, 5.41) is 6.44. The van der Waals surface area contributed by atoms with Crippen LogP contribution in [0.2, 0.25) is 5.02 Å². The normalized spacial score (nSPS) is 11.8. The van der Waals surface area contributed by atoms with Gasteiger partial charge in [-0.3, -0.25) is 9.79 Å². The van der Waals surface area contributed by atoms with Gasteiger partial charge in [0, 0.05) is 18.7 Å². The number of carbonyl (C=O) groups excluding carboxylic acids is 1. The summed E-state index contributed by atoms with van der Waals surface area (Å²) < 4.78 is 10.5. The van der Waals surface area contributed by atoms with Crippen LogP contribution in [0.5, 0.6) is 11.5 Å². The van der Waals surface area contributed by atoms with Crippen LogP contribution in [-0.4, -0.2) is 32.1 Å². The van der Waals surface area contributed by atoms with E-state index in [1.807, 2.05) is 38.1 Å². The molecule has 2 aromatic rings. The van der Waals surface area contributed by atoms with Gasteiger partial charge in [0.1, 0.15) is 11.5 Å². The van der Waals surface area contributed by atoms with Crippen LogP contribution < -0.4 is 25.8 Å². The fraction of sp³-hybridized carbons (Fsp3) is 0.364. The fourth-order valence-corrected chi connectivity index (χ4v) is 3.04. The lowest BCUT2D eigenvalue weighted by Gasteiger charge is -2.15. The van der Waals surface area contributed by atoms with Crippen molar-refractivity contribution in [3.8, 4) is 11.5 Å². The molecule has 7 nitrogen and oxygen atoms in total. The first-order valence-corrected chi connectivity index (χ1v) is 10.2. The summed E-state index contributed by atoms with van der Waals surface area (Å²) in [7, 11) is 1.55. The Hall–Kier alpha value is -2.20. The molecule has 2 aromatic carbocycles. The van der Waals surface area contributed by atoms with Gasteiger partial charge in [-0.25, -0.2) is 0 Å². The predicted octanol–water partition coefficient (Wildman–Crippen LogP) is 4.75. The van der Waals surface area contributed by atoms with E-state index >= 15 is 0 Å². The van der Waals surface area contributed by atoms with Gasteiger partial charge in [-0.1, -0.05) is 23.7 Å². The molecule has 170 valence electrons. The number of rotatable bonds is 10. The maximum absolute atomic E-state index is 12.2. The zero-order valence-electron chi connectivity index (χ0n) is 18.0. The van der Waals surface area contributed by atoms with Crippen molar-refractivity contribution < 1.29 is 14.3 Å². The number of benzene rings is 2. The van der Waals surface area contributed by atoms with Crippen molar-refractivity contribution >= 4 is 53.1 Å². The summed E-state index contributed by atoms with van der Waals surface area (Å²) in [5.41, 5.74) is 7.62. The molecule has 0 saturated carbocycles. The Bertz CT molecular complexity index is 862. The van der Waals surface area contributed by atoms with E-state index in [-0.39, 0.29) is 41.9 Å². The van der Waals surface area contributed by atoms with E-state index in [2.05, 4.69) is 15.6 Å². The third kappa shape index (κ3) is 9.22. The molecule has 0 aliphatic rings. The van der Waals surface area contributed by atoms with Gasteiger partial charge in [0.25, 0.3) is 0 Å². The number of halogens is 2. The number of anilines is 1. The van der Waals surface area contributed by atoms with Gasteiger partial charge in [-0.2, -0.15) is 0 Å². The van der Waals surface area contributed by atoms with Gasteiger partial charge in [-0.15, -0.1) is 24.0 Å². The van der Waals surface area contributed by atoms with Crippen molar-refractivity contribution in [2.45, 2.75) is 32.7 Å². The number of ether oxygens (including phenoxy) is 2. The Morgan fingerprint density at radius 2 is 1.94 bits per heavy atom. The number of nitrogens with two attached hydrogens (primary N) is 1. The van der Waals surface area contributed by atoms with E-state index in [1.165, 1.54) is 0 Å². The Labute approximate surface area is 205 Å². The van der Waals surface area contributed by atoms with Crippen molar-refractivity contribution in [3.05, 3.63) is 53.1 Å². The van der Waals surface area contributed by atoms with Gasteiger partial charge in [0.2, 0.25) is 5.91 Å². The van der Waals surface area contributed by atoms with E-state index in [9.17, 15) is 4.79 Å². The largest absolute Gasteiger partial charge is 0.495 e. The molecule has 0 aliphatic heterocycles. The van der Waals surface area contributed by atoms with Crippen LogP contribution >= 0.6 is 35.6 Å². The molecule has 0 fully saturated rings. The number of carbonyl (C=O) groups is 1. The number of hydrogen-bond acceptors (Lipinski definition) is 4. The molecule has 31 heavy (non-hydrogen) atoms. The smallest absolute Gasteiger partial charge is 0.220 e. The second-order valence-corrected chi connectivity index (χ2v) is 7.04. The second kappa shape index (κ2) is 14.0. The van der Waals surface area contributed by atoms with Crippen LogP contribution in [0, 0.1) is 0 Å².